The molecule has 3 saturated carbocycles. The normalized spacial score (nSPS) is 29.3. The lowest BCUT2D eigenvalue weighted by atomic mass is 9.72. The number of Topliss-reactive ketones (excluding diaryl/α,β-unsaturated/α-hetero) is 1. The zero-order valence-corrected chi connectivity index (χ0v) is 18.7. The lowest BCUT2D eigenvalue weighted by Crippen LogP contribution is -2.48. The molecule has 2 unspecified atom stereocenters. The fraction of sp³-hybridized carbons (Fsp3) is 0.875. The Morgan fingerprint density at radius 1 is 0.586 bits per heavy atom. The monoisotopic (exact) mass is 404 g/mol. The summed E-state index contributed by atoms with van der Waals surface area (Å²) in [5.74, 6) is -0.120. The molecule has 0 aromatic carbocycles. The summed E-state index contributed by atoms with van der Waals surface area (Å²) in [5.41, 5.74) is 0. The highest BCUT2D eigenvalue weighted by atomic mass is 16.2. The van der Waals surface area contributed by atoms with Crippen LogP contribution in [0.25, 0.3) is 0 Å². The summed E-state index contributed by atoms with van der Waals surface area (Å²) in [6.45, 7) is 1.62. The molecular formula is C24H40N2O3. The van der Waals surface area contributed by atoms with E-state index in [1.165, 1.54) is 38.5 Å². The average Bonchev–Trinajstić information content (AvgIpc) is 2.77. The molecule has 0 heterocycles. The van der Waals surface area contributed by atoms with Gasteiger partial charge in [-0.15, -0.1) is 0 Å². The minimum absolute atomic E-state index is 0.126. The average molecular weight is 405 g/mol. The zero-order valence-electron chi connectivity index (χ0n) is 18.7. The lowest BCUT2D eigenvalue weighted by molar-refractivity contribution is -0.145. The molecule has 0 N–H and O–H groups in total. The summed E-state index contributed by atoms with van der Waals surface area (Å²) in [6, 6.07) is 0.654. The van der Waals surface area contributed by atoms with Crippen LogP contribution in [0.5, 0.6) is 0 Å². The van der Waals surface area contributed by atoms with E-state index >= 15 is 0 Å². The molecule has 3 rings (SSSR count). The van der Waals surface area contributed by atoms with Crippen LogP contribution >= 0.6 is 0 Å². The van der Waals surface area contributed by atoms with E-state index in [0.717, 1.165) is 25.7 Å². The molecule has 2 atom stereocenters. The molecule has 29 heavy (non-hydrogen) atoms. The van der Waals surface area contributed by atoms with Crippen LogP contribution in [-0.2, 0) is 14.4 Å². The Labute approximate surface area is 176 Å². The van der Waals surface area contributed by atoms with E-state index < -0.39 is 0 Å². The molecule has 0 aromatic heterocycles. The Hall–Kier alpha value is -1.39. The molecule has 164 valence electrons. The van der Waals surface area contributed by atoms with Crippen LogP contribution in [0.1, 0.15) is 90.4 Å². The maximum absolute atomic E-state index is 13.3. The number of hydrogen-bond donors (Lipinski definition) is 0. The van der Waals surface area contributed by atoms with Gasteiger partial charge in [0, 0.05) is 43.9 Å². The molecule has 5 nitrogen and oxygen atoms in total. The van der Waals surface area contributed by atoms with E-state index in [-0.39, 0.29) is 35.4 Å². The number of ketones is 1. The summed E-state index contributed by atoms with van der Waals surface area (Å²) >= 11 is 0. The van der Waals surface area contributed by atoms with E-state index in [0.29, 0.717) is 31.3 Å². The summed E-state index contributed by atoms with van der Waals surface area (Å²) in [7, 11) is 3.86. The molecule has 0 aliphatic heterocycles. The zero-order chi connectivity index (χ0) is 21.0. The van der Waals surface area contributed by atoms with Crippen LogP contribution in [0.2, 0.25) is 0 Å². The third kappa shape index (κ3) is 5.40. The van der Waals surface area contributed by atoms with Gasteiger partial charge in [0.1, 0.15) is 5.78 Å². The van der Waals surface area contributed by atoms with E-state index in [1.807, 2.05) is 23.9 Å². The third-order valence-corrected chi connectivity index (χ3v) is 7.92. The van der Waals surface area contributed by atoms with Gasteiger partial charge >= 0.3 is 0 Å². The first kappa shape index (κ1) is 22.3. The van der Waals surface area contributed by atoms with Gasteiger partial charge in [-0.3, -0.25) is 14.4 Å². The number of carbonyl (C=O) groups is 3. The summed E-state index contributed by atoms with van der Waals surface area (Å²) in [4.78, 5) is 42.7. The largest absolute Gasteiger partial charge is 0.343 e. The van der Waals surface area contributed by atoms with Crippen molar-refractivity contribution in [3.05, 3.63) is 0 Å². The van der Waals surface area contributed by atoms with Gasteiger partial charge in [-0.25, -0.2) is 0 Å². The van der Waals surface area contributed by atoms with Crippen molar-refractivity contribution in [2.75, 3.05) is 14.1 Å². The Morgan fingerprint density at radius 3 is 1.28 bits per heavy atom. The van der Waals surface area contributed by atoms with E-state index in [2.05, 4.69) is 0 Å². The second kappa shape index (κ2) is 10.1. The summed E-state index contributed by atoms with van der Waals surface area (Å²) < 4.78 is 0. The highest BCUT2D eigenvalue weighted by Gasteiger charge is 2.41. The second-order valence-corrected chi connectivity index (χ2v) is 9.89. The molecule has 3 fully saturated rings. The van der Waals surface area contributed by atoms with Crippen molar-refractivity contribution in [3.8, 4) is 0 Å². The van der Waals surface area contributed by atoms with Gasteiger partial charge in [0.25, 0.3) is 0 Å². The Balaban J connectivity index is 1.68. The van der Waals surface area contributed by atoms with Gasteiger partial charge in [-0.05, 0) is 51.9 Å². The maximum atomic E-state index is 13.3. The molecule has 0 spiro atoms. The van der Waals surface area contributed by atoms with Gasteiger partial charge in [0.2, 0.25) is 11.8 Å². The number of amides is 2. The number of rotatable bonds is 5. The molecule has 5 heteroatoms. The van der Waals surface area contributed by atoms with Crippen molar-refractivity contribution in [3.63, 3.8) is 0 Å². The van der Waals surface area contributed by atoms with Gasteiger partial charge < -0.3 is 9.80 Å². The van der Waals surface area contributed by atoms with Crippen molar-refractivity contribution >= 4 is 17.6 Å². The van der Waals surface area contributed by atoms with Crippen molar-refractivity contribution in [1.82, 2.24) is 9.80 Å². The fourth-order valence-corrected chi connectivity index (χ4v) is 5.93. The second-order valence-electron chi connectivity index (χ2n) is 9.89. The summed E-state index contributed by atoms with van der Waals surface area (Å²) in [6.07, 6.45) is 13.4. The third-order valence-electron chi connectivity index (χ3n) is 7.92. The minimum Gasteiger partial charge on any atom is -0.343 e. The predicted molar refractivity (Wildman–Crippen MR) is 114 cm³/mol. The number of hydrogen-bond acceptors (Lipinski definition) is 3. The van der Waals surface area contributed by atoms with E-state index in [4.69, 9.17) is 0 Å². The molecule has 3 aliphatic rings. The van der Waals surface area contributed by atoms with Crippen molar-refractivity contribution in [2.45, 2.75) is 102 Å². The van der Waals surface area contributed by atoms with Gasteiger partial charge in [0.15, 0.2) is 0 Å². The van der Waals surface area contributed by atoms with E-state index in [9.17, 15) is 14.4 Å². The number of carbonyl (C=O) groups excluding carboxylic acids is 3. The SMILES string of the molecule is CC(=O)C1CC(C(=O)N(C)C2CCCCC2)CC(C(=O)N(C)C2CCCCC2)C1. The fourth-order valence-electron chi connectivity index (χ4n) is 5.93. The van der Waals surface area contributed by atoms with Crippen LogP contribution in [-0.4, -0.2) is 53.6 Å². The smallest absolute Gasteiger partial charge is 0.225 e. The Bertz CT molecular complexity index is 549. The Kier molecular flexibility index (Phi) is 7.75. The lowest BCUT2D eigenvalue weighted by Gasteiger charge is -2.40. The van der Waals surface area contributed by atoms with Crippen LogP contribution in [0.3, 0.4) is 0 Å². The van der Waals surface area contributed by atoms with E-state index in [1.54, 1.807) is 6.92 Å². The van der Waals surface area contributed by atoms with Crippen LogP contribution in [0, 0.1) is 17.8 Å². The molecular weight excluding hydrogens is 364 g/mol. The van der Waals surface area contributed by atoms with Crippen LogP contribution in [0.4, 0.5) is 0 Å². The maximum Gasteiger partial charge on any atom is 0.225 e. The summed E-state index contributed by atoms with van der Waals surface area (Å²) in [5, 5.41) is 0. The predicted octanol–water partition coefficient (Wildman–Crippen LogP) is 4.19. The van der Waals surface area contributed by atoms with Crippen LogP contribution < -0.4 is 0 Å². The molecule has 0 bridgehead atoms. The van der Waals surface area contributed by atoms with Crippen molar-refractivity contribution < 1.29 is 14.4 Å². The molecule has 0 aromatic rings. The molecule has 3 aliphatic carbocycles. The first-order valence-corrected chi connectivity index (χ1v) is 11.9. The first-order chi connectivity index (χ1) is 13.9. The molecule has 0 radical (unpaired) electrons. The topological polar surface area (TPSA) is 57.7 Å². The highest BCUT2D eigenvalue weighted by Crippen LogP contribution is 2.37. The van der Waals surface area contributed by atoms with Gasteiger partial charge in [0.05, 0.1) is 0 Å². The van der Waals surface area contributed by atoms with Gasteiger partial charge in [-0.1, -0.05) is 38.5 Å². The van der Waals surface area contributed by atoms with Crippen LogP contribution in [0.15, 0.2) is 0 Å². The Morgan fingerprint density at radius 2 is 0.931 bits per heavy atom. The standard InChI is InChI=1S/C24H40N2O3/c1-17(27)18-14-19(23(28)25(2)21-10-6-4-7-11-21)16-20(15-18)24(29)26(3)22-12-8-5-9-13-22/h18-22H,4-16H2,1-3H3. The number of nitrogens with zero attached hydrogens (tertiary/aromatic N) is 2. The first-order valence-electron chi connectivity index (χ1n) is 11.9. The highest BCUT2D eigenvalue weighted by molar-refractivity contribution is 5.86. The quantitative estimate of drug-likeness (QED) is 0.690. The minimum atomic E-state index is -0.196. The van der Waals surface area contributed by atoms with Gasteiger partial charge in [-0.2, -0.15) is 0 Å². The molecule has 2 amide bonds. The van der Waals surface area contributed by atoms with Crippen molar-refractivity contribution in [1.29, 1.82) is 0 Å². The molecule has 0 saturated heterocycles. The van der Waals surface area contributed by atoms with Crippen molar-refractivity contribution in [2.24, 2.45) is 17.8 Å².